The van der Waals surface area contributed by atoms with Crippen LogP contribution in [0.25, 0.3) is 11.1 Å². The van der Waals surface area contributed by atoms with Gasteiger partial charge in [-0.15, -0.1) is 0 Å². The third kappa shape index (κ3) is 2.95. The van der Waals surface area contributed by atoms with Gasteiger partial charge in [0.05, 0.1) is 0 Å². The van der Waals surface area contributed by atoms with Crippen LogP contribution in [0.1, 0.15) is 42.9 Å². The van der Waals surface area contributed by atoms with Gasteiger partial charge in [-0.25, -0.2) is 0 Å². The number of rotatable bonds is 2. The van der Waals surface area contributed by atoms with Gasteiger partial charge in [0, 0.05) is 12.1 Å². The first kappa shape index (κ1) is 15.0. The molecule has 2 unspecified atom stereocenters. The van der Waals surface area contributed by atoms with Crippen molar-refractivity contribution in [3.8, 4) is 11.1 Å². The Balaban J connectivity index is 1.57. The Morgan fingerprint density at radius 2 is 1.83 bits per heavy atom. The average molecular weight is 305 g/mol. The molecule has 1 aliphatic heterocycles. The molecule has 0 aromatic heterocycles. The number of aryl methyl sites for hydroxylation is 2. The lowest BCUT2D eigenvalue weighted by Crippen LogP contribution is -2.41. The van der Waals surface area contributed by atoms with Crippen molar-refractivity contribution < 1.29 is 0 Å². The molecule has 0 N–H and O–H groups in total. The number of nitrogens with zero attached hydrogens (tertiary/aromatic N) is 1. The number of benzene rings is 2. The van der Waals surface area contributed by atoms with E-state index in [-0.39, 0.29) is 0 Å². The molecule has 4 rings (SSSR count). The molecule has 1 heterocycles. The SMILES string of the molecule is Cc1cccc(-c2ccc3c(c2)CCC(N2CCCC2C)C3)c1. The molecule has 0 spiro atoms. The van der Waals surface area contributed by atoms with Crippen molar-refractivity contribution in [2.45, 2.75) is 58.0 Å². The highest BCUT2D eigenvalue weighted by molar-refractivity contribution is 5.65. The molecule has 1 heteroatoms. The Bertz CT molecular complexity index is 703. The first-order valence-corrected chi connectivity index (χ1v) is 9.15. The summed E-state index contributed by atoms with van der Waals surface area (Å²) in [7, 11) is 0. The second kappa shape index (κ2) is 6.13. The van der Waals surface area contributed by atoms with Crippen LogP contribution in [0.2, 0.25) is 0 Å². The molecule has 0 bridgehead atoms. The molecule has 0 saturated carbocycles. The largest absolute Gasteiger partial charge is 0.297 e. The third-order valence-corrected chi connectivity index (χ3v) is 5.83. The minimum Gasteiger partial charge on any atom is -0.297 e. The van der Waals surface area contributed by atoms with Gasteiger partial charge < -0.3 is 0 Å². The number of likely N-dealkylation sites (tertiary alicyclic amines) is 1. The van der Waals surface area contributed by atoms with E-state index in [9.17, 15) is 0 Å². The van der Waals surface area contributed by atoms with Gasteiger partial charge in [0.1, 0.15) is 0 Å². The number of hydrogen-bond donors (Lipinski definition) is 0. The predicted molar refractivity (Wildman–Crippen MR) is 97.8 cm³/mol. The molecule has 1 aliphatic carbocycles. The molecule has 2 aromatic carbocycles. The molecular weight excluding hydrogens is 278 g/mol. The zero-order valence-corrected chi connectivity index (χ0v) is 14.4. The predicted octanol–water partition coefficient (Wildman–Crippen LogP) is 5.00. The Morgan fingerprint density at radius 1 is 0.957 bits per heavy atom. The Labute approximate surface area is 140 Å². The Morgan fingerprint density at radius 3 is 2.61 bits per heavy atom. The average Bonchev–Trinajstić information content (AvgIpc) is 3.00. The van der Waals surface area contributed by atoms with Crippen molar-refractivity contribution in [3.05, 3.63) is 59.2 Å². The van der Waals surface area contributed by atoms with Crippen molar-refractivity contribution in [3.63, 3.8) is 0 Å². The van der Waals surface area contributed by atoms with Crippen LogP contribution in [0, 0.1) is 6.92 Å². The van der Waals surface area contributed by atoms with Gasteiger partial charge in [-0.2, -0.15) is 0 Å². The molecule has 1 saturated heterocycles. The van der Waals surface area contributed by atoms with Gasteiger partial charge >= 0.3 is 0 Å². The van der Waals surface area contributed by atoms with E-state index in [4.69, 9.17) is 0 Å². The molecular formula is C22H27N. The third-order valence-electron chi connectivity index (χ3n) is 5.83. The van der Waals surface area contributed by atoms with Crippen LogP contribution in [-0.2, 0) is 12.8 Å². The van der Waals surface area contributed by atoms with Gasteiger partial charge in [0.2, 0.25) is 0 Å². The highest BCUT2D eigenvalue weighted by atomic mass is 15.2. The van der Waals surface area contributed by atoms with Gasteiger partial charge in [0.15, 0.2) is 0 Å². The molecule has 2 atom stereocenters. The normalized spacial score (nSPS) is 24.6. The smallest absolute Gasteiger partial charge is 0.0142 e. The summed E-state index contributed by atoms with van der Waals surface area (Å²) in [4.78, 5) is 2.76. The molecule has 2 aromatic rings. The molecule has 1 nitrogen and oxygen atoms in total. The number of fused-ring (bicyclic) bond motifs is 1. The fourth-order valence-electron chi connectivity index (χ4n) is 4.52. The molecule has 0 amide bonds. The van der Waals surface area contributed by atoms with E-state index >= 15 is 0 Å². The summed E-state index contributed by atoms with van der Waals surface area (Å²) in [5.74, 6) is 0. The molecule has 23 heavy (non-hydrogen) atoms. The summed E-state index contributed by atoms with van der Waals surface area (Å²) in [5.41, 5.74) is 7.22. The zero-order valence-electron chi connectivity index (χ0n) is 14.4. The van der Waals surface area contributed by atoms with Crippen molar-refractivity contribution >= 4 is 0 Å². The van der Waals surface area contributed by atoms with Crippen LogP contribution in [0.5, 0.6) is 0 Å². The van der Waals surface area contributed by atoms with E-state index < -0.39 is 0 Å². The highest BCUT2D eigenvalue weighted by Crippen LogP contribution is 2.32. The van der Waals surface area contributed by atoms with E-state index in [0.717, 1.165) is 12.1 Å². The van der Waals surface area contributed by atoms with E-state index in [1.54, 1.807) is 11.1 Å². The summed E-state index contributed by atoms with van der Waals surface area (Å²) in [6, 6.07) is 17.6. The summed E-state index contributed by atoms with van der Waals surface area (Å²) in [5, 5.41) is 0. The second-order valence-corrected chi connectivity index (χ2v) is 7.48. The minimum atomic E-state index is 0.768. The van der Waals surface area contributed by atoms with Gasteiger partial charge in [-0.1, -0.05) is 48.0 Å². The van der Waals surface area contributed by atoms with Gasteiger partial charge in [0.25, 0.3) is 0 Å². The Hall–Kier alpha value is -1.60. The summed E-state index contributed by atoms with van der Waals surface area (Å²) in [6.07, 6.45) is 6.58. The van der Waals surface area contributed by atoms with Crippen molar-refractivity contribution in [2.24, 2.45) is 0 Å². The highest BCUT2D eigenvalue weighted by Gasteiger charge is 2.30. The topological polar surface area (TPSA) is 3.24 Å². The van der Waals surface area contributed by atoms with Gasteiger partial charge in [-0.05, 0) is 74.8 Å². The van der Waals surface area contributed by atoms with Gasteiger partial charge in [-0.3, -0.25) is 4.90 Å². The van der Waals surface area contributed by atoms with Crippen LogP contribution in [0.3, 0.4) is 0 Å². The van der Waals surface area contributed by atoms with Crippen molar-refractivity contribution in [1.82, 2.24) is 4.90 Å². The maximum Gasteiger partial charge on any atom is 0.0142 e. The minimum absolute atomic E-state index is 0.768. The fourth-order valence-corrected chi connectivity index (χ4v) is 4.52. The zero-order chi connectivity index (χ0) is 15.8. The van der Waals surface area contributed by atoms with Crippen molar-refractivity contribution in [2.75, 3.05) is 6.54 Å². The van der Waals surface area contributed by atoms with E-state index in [1.807, 2.05) is 0 Å². The lowest BCUT2D eigenvalue weighted by Gasteiger charge is -2.35. The van der Waals surface area contributed by atoms with E-state index in [2.05, 4.69) is 61.2 Å². The monoisotopic (exact) mass is 305 g/mol. The van der Waals surface area contributed by atoms with E-state index in [0.29, 0.717) is 0 Å². The summed E-state index contributed by atoms with van der Waals surface area (Å²) in [6.45, 7) is 5.88. The van der Waals surface area contributed by atoms with Crippen LogP contribution < -0.4 is 0 Å². The molecule has 120 valence electrons. The lowest BCUT2D eigenvalue weighted by atomic mass is 9.85. The van der Waals surface area contributed by atoms with Crippen LogP contribution >= 0.6 is 0 Å². The maximum atomic E-state index is 2.76. The molecule has 1 fully saturated rings. The lowest BCUT2D eigenvalue weighted by molar-refractivity contribution is 0.174. The molecule has 0 radical (unpaired) electrons. The maximum absolute atomic E-state index is 2.76. The Kier molecular flexibility index (Phi) is 3.98. The standard InChI is InChI=1S/C22H27N/c1-16-5-3-7-18(13-16)19-8-9-21-15-22(11-10-20(21)14-19)23-12-4-6-17(23)2/h3,5,7-9,13-14,17,22H,4,6,10-12,15H2,1-2H3. The van der Waals surface area contributed by atoms with Crippen LogP contribution in [0.15, 0.2) is 42.5 Å². The van der Waals surface area contributed by atoms with Crippen LogP contribution in [0.4, 0.5) is 0 Å². The van der Waals surface area contributed by atoms with E-state index in [1.165, 1.54) is 55.3 Å². The first-order valence-electron chi connectivity index (χ1n) is 9.15. The number of hydrogen-bond acceptors (Lipinski definition) is 1. The quantitative estimate of drug-likeness (QED) is 0.754. The molecule has 2 aliphatic rings. The first-order chi connectivity index (χ1) is 11.2. The second-order valence-electron chi connectivity index (χ2n) is 7.48. The van der Waals surface area contributed by atoms with Crippen molar-refractivity contribution in [1.29, 1.82) is 0 Å². The summed E-state index contributed by atoms with van der Waals surface area (Å²) >= 11 is 0. The fraction of sp³-hybridized carbons (Fsp3) is 0.455. The summed E-state index contributed by atoms with van der Waals surface area (Å²) < 4.78 is 0. The van der Waals surface area contributed by atoms with Crippen LogP contribution in [-0.4, -0.2) is 23.5 Å².